The smallest absolute Gasteiger partial charge is 0.257 e. The number of carbonyl (C=O) groups excluding carboxylic acids is 1. The molecule has 2 rings (SSSR count). The molecule has 0 aliphatic carbocycles. The molecule has 0 saturated carbocycles. The summed E-state index contributed by atoms with van der Waals surface area (Å²) in [5.41, 5.74) is 1.85. The van der Waals surface area contributed by atoms with Gasteiger partial charge in [-0.25, -0.2) is 4.39 Å². The number of hydrogen-bond donors (Lipinski definition) is 0. The summed E-state index contributed by atoms with van der Waals surface area (Å²) in [5.74, 6) is -0.810. The first-order valence-corrected chi connectivity index (χ1v) is 6.44. The van der Waals surface area contributed by atoms with Crippen molar-refractivity contribution in [3.05, 3.63) is 65.2 Å². The van der Waals surface area contributed by atoms with Gasteiger partial charge in [0, 0.05) is 19.4 Å². The van der Waals surface area contributed by atoms with Gasteiger partial charge in [0.15, 0.2) is 0 Å². The summed E-state index contributed by atoms with van der Waals surface area (Å²) >= 11 is 0. The van der Waals surface area contributed by atoms with Crippen LogP contribution in [0.4, 0.5) is 4.39 Å². The van der Waals surface area contributed by atoms with Crippen molar-refractivity contribution in [3.8, 4) is 0 Å². The predicted octanol–water partition coefficient (Wildman–Crippen LogP) is 3.36. The standard InChI is InChI=1S/C16H17FN2O/c1-11-4-5-14(15(17)10-11)16(20)19(3)12(2)13-6-8-18-9-7-13/h4-10,12H,1-3H3. The minimum atomic E-state index is -0.483. The monoisotopic (exact) mass is 272 g/mol. The molecule has 104 valence electrons. The van der Waals surface area contributed by atoms with E-state index in [1.165, 1.54) is 17.0 Å². The first-order chi connectivity index (χ1) is 9.50. The van der Waals surface area contributed by atoms with E-state index in [0.717, 1.165) is 11.1 Å². The maximum atomic E-state index is 13.9. The predicted molar refractivity (Wildman–Crippen MR) is 75.9 cm³/mol. The van der Waals surface area contributed by atoms with Crippen LogP contribution in [0.5, 0.6) is 0 Å². The van der Waals surface area contributed by atoms with Gasteiger partial charge in [0.05, 0.1) is 11.6 Å². The maximum absolute atomic E-state index is 13.9. The zero-order chi connectivity index (χ0) is 14.7. The highest BCUT2D eigenvalue weighted by atomic mass is 19.1. The number of aryl methyl sites for hydroxylation is 1. The summed E-state index contributed by atoms with van der Waals surface area (Å²) in [5, 5.41) is 0. The van der Waals surface area contributed by atoms with Gasteiger partial charge >= 0.3 is 0 Å². The van der Waals surface area contributed by atoms with Crippen LogP contribution >= 0.6 is 0 Å². The third-order valence-electron chi connectivity index (χ3n) is 3.44. The van der Waals surface area contributed by atoms with Crippen LogP contribution in [0.1, 0.15) is 34.5 Å². The maximum Gasteiger partial charge on any atom is 0.257 e. The average Bonchev–Trinajstić information content (AvgIpc) is 2.46. The molecule has 4 heteroatoms. The Bertz CT molecular complexity index is 613. The lowest BCUT2D eigenvalue weighted by atomic mass is 10.1. The first-order valence-electron chi connectivity index (χ1n) is 6.44. The topological polar surface area (TPSA) is 33.2 Å². The lowest BCUT2D eigenvalue weighted by Crippen LogP contribution is -2.30. The lowest BCUT2D eigenvalue weighted by molar-refractivity contribution is 0.0738. The Balaban J connectivity index is 2.24. The molecule has 3 nitrogen and oxygen atoms in total. The number of pyridine rings is 1. The van der Waals surface area contributed by atoms with Gasteiger partial charge in [-0.15, -0.1) is 0 Å². The molecule has 20 heavy (non-hydrogen) atoms. The molecule has 0 saturated heterocycles. The van der Waals surface area contributed by atoms with Crippen LogP contribution in [0.15, 0.2) is 42.7 Å². The Morgan fingerprint density at radius 1 is 1.25 bits per heavy atom. The Hall–Kier alpha value is -2.23. The molecule has 2 aromatic rings. The number of halogens is 1. The van der Waals surface area contributed by atoms with E-state index in [0.29, 0.717) is 0 Å². The highest BCUT2D eigenvalue weighted by molar-refractivity contribution is 5.94. The lowest BCUT2D eigenvalue weighted by Gasteiger charge is -2.25. The molecular weight excluding hydrogens is 255 g/mol. The Kier molecular flexibility index (Phi) is 4.13. The molecule has 0 bridgehead atoms. The zero-order valence-electron chi connectivity index (χ0n) is 11.8. The minimum absolute atomic E-state index is 0.0963. The van der Waals surface area contributed by atoms with Gasteiger partial charge in [0.1, 0.15) is 5.82 Å². The van der Waals surface area contributed by atoms with Crippen molar-refractivity contribution in [1.29, 1.82) is 0 Å². The normalized spacial score (nSPS) is 12.0. The summed E-state index contributed by atoms with van der Waals surface area (Å²) in [6.45, 7) is 3.69. The van der Waals surface area contributed by atoms with Crippen LogP contribution in [0.25, 0.3) is 0 Å². The van der Waals surface area contributed by atoms with Crippen LogP contribution in [0, 0.1) is 12.7 Å². The van der Waals surface area contributed by atoms with E-state index < -0.39 is 5.82 Å². The minimum Gasteiger partial charge on any atom is -0.335 e. The fraction of sp³-hybridized carbons (Fsp3) is 0.250. The molecule has 1 atom stereocenters. The average molecular weight is 272 g/mol. The molecule has 1 aromatic carbocycles. The summed E-state index contributed by atoms with van der Waals surface area (Å²) < 4.78 is 13.9. The van der Waals surface area contributed by atoms with Gasteiger partial charge in [0.25, 0.3) is 5.91 Å². The van der Waals surface area contributed by atoms with Crippen molar-refractivity contribution in [3.63, 3.8) is 0 Å². The van der Waals surface area contributed by atoms with Crippen molar-refractivity contribution >= 4 is 5.91 Å². The number of aromatic nitrogens is 1. The van der Waals surface area contributed by atoms with Crippen LogP contribution < -0.4 is 0 Å². The fourth-order valence-electron chi connectivity index (χ4n) is 2.03. The molecule has 0 fully saturated rings. The Morgan fingerprint density at radius 3 is 2.50 bits per heavy atom. The van der Waals surface area contributed by atoms with Gasteiger partial charge in [-0.05, 0) is 49.2 Å². The molecule has 0 N–H and O–H groups in total. The molecule has 1 amide bonds. The molecule has 0 spiro atoms. The summed E-state index contributed by atoms with van der Waals surface area (Å²) in [6, 6.07) is 8.19. The van der Waals surface area contributed by atoms with Crippen LogP contribution in [-0.4, -0.2) is 22.8 Å². The summed E-state index contributed by atoms with van der Waals surface area (Å²) in [6.07, 6.45) is 3.35. The van der Waals surface area contributed by atoms with E-state index in [1.807, 2.05) is 19.1 Å². The summed E-state index contributed by atoms with van der Waals surface area (Å²) in [7, 11) is 1.67. The van der Waals surface area contributed by atoms with Gasteiger partial charge in [-0.1, -0.05) is 6.07 Å². The molecule has 1 unspecified atom stereocenters. The molecule has 0 radical (unpaired) electrons. The van der Waals surface area contributed by atoms with E-state index in [4.69, 9.17) is 0 Å². The molecule has 1 heterocycles. The van der Waals surface area contributed by atoms with Gasteiger partial charge in [-0.3, -0.25) is 9.78 Å². The van der Waals surface area contributed by atoms with E-state index >= 15 is 0 Å². The van der Waals surface area contributed by atoms with Crippen molar-refractivity contribution in [2.75, 3.05) is 7.05 Å². The van der Waals surface area contributed by atoms with Crippen molar-refractivity contribution in [2.45, 2.75) is 19.9 Å². The molecular formula is C16H17FN2O. The van der Waals surface area contributed by atoms with E-state index in [-0.39, 0.29) is 17.5 Å². The van der Waals surface area contributed by atoms with E-state index in [2.05, 4.69) is 4.98 Å². The third kappa shape index (κ3) is 2.85. The Labute approximate surface area is 118 Å². The van der Waals surface area contributed by atoms with E-state index in [9.17, 15) is 9.18 Å². The van der Waals surface area contributed by atoms with Crippen LogP contribution in [0.3, 0.4) is 0 Å². The van der Waals surface area contributed by atoms with Gasteiger partial charge in [-0.2, -0.15) is 0 Å². The number of carbonyl (C=O) groups is 1. The van der Waals surface area contributed by atoms with Crippen molar-refractivity contribution < 1.29 is 9.18 Å². The molecule has 0 aliphatic rings. The number of benzene rings is 1. The highest BCUT2D eigenvalue weighted by Crippen LogP contribution is 2.21. The van der Waals surface area contributed by atoms with Gasteiger partial charge < -0.3 is 4.90 Å². The number of nitrogens with zero attached hydrogens (tertiary/aromatic N) is 2. The first kappa shape index (κ1) is 14.2. The van der Waals surface area contributed by atoms with Crippen molar-refractivity contribution in [2.24, 2.45) is 0 Å². The second-order valence-corrected chi connectivity index (χ2v) is 4.86. The van der Waals surface area contributed by atoms with Crippen LogP contribution in [0.2, 0.25) is 0 Å². The third-order valence-corrected chi connectivity index (χ3v) is 3.44. The molecule has 1 aromatic heterocycles. The molecule has 0 aliphatic heterocycles. The SMILES string of the molecule is Cc1ccc(C(=O)N(C)C(C)c2ccncc2)c(F)c1. The van der Waals surface area contributed by atoms with Crippen molar-refractivity contribution in [1.82, 2.24) is 9.88 Å². The number of amides is 1. The highest BCUT2D eigenvalue weighted by Gasteiger charge is 2.21. The second kappa shape index (κ2) is 5.82. The second-order valence-electron chi connectivity index (χ2n) is 4.86. The fourth-order valence-corrected chi connectivity index (χ4v) is 2.03. The van der Waals surface area contributed by atoms with Gasteiger partial charge in [0.2, 0.25) is 0 Å². The largest absolute Gasteiger partial charge is 0.335 e. The summed E-state index contributed by atoms with van der Waals surface area (Å²) in [4.78, 5) is 17.8. The zero-order valence-corrected chi connectivity index (χ0v) is 11.8. The van der Waals surface area contributed by atoms with Crippen LogP contribution in [-0.2, 0) is 0 Å². The number of hydrogen-bond acceptors (Lipinski definition) is 2. The van der Waals surface area contributed by atoms with E-state index in [1.54, 1.807) is 32.4 Å². The number of rotatable bonds is 3. The quantitative estimate of drug-likeness (QED) is 0.858. The Morgan fingerprint density at radius 2 is 1.90 bits per heavy atom.